The molecule has 220 valence electrons. The maximum absolute atomic E-state index is 14.1. The minimum atomic E-state index is -4.27. The Morgan fingerprint density at radius 2 is 1.56 bits per heavy atom. The molecule has 2 amide bonds. The molecule has 1 atom stereocenters. The van der Waals surface area contributed by atoms with Crippen molar-refractivity contribution in [1.29, 1.82) is 0 Å². The van der Waals surface area contributed by atoms with Gasteiger partial charge in [-0.25, -0.2) is 8.42 Å². The molecule has 0 saturated heterocycles. The molecule has 0 spiro atoms. The maximum Gasteiger partial charge on any atom is 0.264 e. The molecule has 1 N–H and O–H groups in total. The van der Waals surface area contributed by atoms with Crippen molar-refractivity contribution in [2.75, 3.05) is 25.1 Å². The highest BCUT2D eigenvalue weighted by Gasteiger charge is 2.34. The highest BCUT2D eigenvalue weighted by molar-refractivity contribution is 7.92. The minimum Gasteiger partial charge on any atom is -0.493 e. The zero-order chi connectivity index (χ0) is 30.2. The Balaban J connectivity index is 2.09. The summed E-state index contributed by atoms with van der Waals surface area (Å²) in [6.07, 6.45) is 0.308. The number of hydrogen-bond acceptors (Lipinski definition) is 6. The summed E-state index contributed by atoms with van der Waals surface area (Å²) in [5.74, 6) is -0.313. The van der Waals surface area contributed by atoms with Crippen LogP contribution in [0.25, 0.3) is 0 Å². The molecule has 0 aliphatic carbocycles. The summed E-state index contributed by atoms with van der Waals surface area (Å²) in [5.41, 5.74) is 0.917. The largest absolute Gasteiger partial charge is 0.493 e. The number of ether oxygens (including phenoxy) is 2. The molecule has 0 aliphatic rings. The van der Waals surface area contributed by atoms with Gasteiger partial charge in [0.05, 0.1) is 24.8 Å². The molecule has 9 nitrogen and oxygen atoms in total. The van der Waals surface area contributed by atoms with Gasteiger partial charge in [0.1, 0.15) is 12.6 Å². The first kappa shape index (κ1) is 31.8. The number of benzene rings is 3. The fraction of sp³-hybridized carbons (Fsp3) is 0.333. The van der Waals surface area contributed by atoms with Gasteiger partial charge in [-0.2, -0.15) is 0 Å². The Kier molecular flexibility index (Phi) is 11.0. The van der Waals surface area contributed by atoms with E-state index in [1.165, 1.54) is 37.3 Å². The summed E-state index contributed by atoms with van der Waals surface area (Å²) in [4.78, 5) is 28.6. The highest BCUT2D eigenvalue weighted by atomic mass is 35.5. The summed E-state index contributed by atoms with van der Waals surface area (Å²) in [5, 5.41) is 3.30. The standard InChI is InChI=1S/C30H36ClN3O6S/c1-6-26(30(36)32-21(2)3)33(19-22-12-10-11-15-25(22)31)29(35)20-34(23-13-8-7-9-14-23)41(37,38)24-16-17-27(39-4)28(18-24)40-5/h7-18,21,26H,6,19-20H2,1-5H3,(H,32,36). The van der Waals surface area contributed by atoms with Gasteiger partial charge in [0.15, 0.2) is 11.5 Å². The Morgan fingerprint density at radius 3 is 2.15 bits per heavy atom. The van der Waals surface area contributed by atoms with Gasteiger partial charge in [0, 0.05) is 23.7 Å². The number of amides is 2. The van der Waals surface area contributed by atoms with Crippen molar-refractivity contribution >= 4 is 39.1 Å². The smallest absolute Gasteiger partial charge is 0.264 e. The lowest BCUT2D eigenvalue weighted by Crippen LogP contribution is -2.53. The van der Waals surface area contributed by atoms with Gasteiger partial charge >= 0.3 is 0 Å². The van der Waals surface area contributed by atoms with Crippen molar-refractivity contribution in [2.45, 2.75) is 50.7 Å². The van der Waals surface area contributed by atoms with Crippen LogP contribution in [0.3, 0.4) is 0 Å². The Bertz CT molecular complexity index is 1450. The average molecular weight is 602 g/mol. The second-order valence-electron chi connectivity index (χ2n) is 9.56. The van der Waals surface area contributed by atoms with Gasteiger partial charge in [-0.15, -0.1) is 0 Å². The van der Waals surface area contributed by atoms with E-state index >= 15 is 0 Å². The third-order valence-electron chi connectivity index (χ3n) is 6.38. The van der Waals surface area contributed by atoms with Gasteiger partial charge in [0.25, 0.3) is 10.0 Å². The van der Waals surface area contributed by atoms with Crippen LogP contribution >= 0.6 is 11.6 Å². The third-order valence-corrected chi connectivity index (χ3v) is 8.52. The van der Waals surface area contributed by atoms with E-state index in [1.54, 1.807) is 61.5 Å². The van der Waals surface area contributed by atoms with Gasteiger partial charge < -0.3 is 19.7 Å². The molecule has 0 aromatic heterocycles. The number of halogens is 1. The van der Waals surface area contributed by atoms with Crippen LogP contribution in [0, 0.1) is 0 Å². The van der Waals surface area contributed by atoms with E-state index in [0.717, 1.165) is 4.31 Å². The van der Waals surface area contributed by atoms with Crippen LogP contribution in [0.2, 0.25) is 5.02 Å². The average Bonchev–Trinajstić information content (AvgIpc) is 2.96. The summed E-state index contributed by atoms with van der Waals surface area (Å²) in [6, 6.07) is 18.6. The number of anilines is 1. The molecule has 3 aromatic rings. The zero-order valence-corrected chi connectivity index (χ0v) is 25.4. The van der Waals surface area contributed by atoms with Crippen LogP contribution < -0.4 is 19.1 Å². The monoisotopic (exact) mass is 601 g/mol. The van der Waals surface area contributed by atoms with E-state index < -0.39 is 28.5 Å². The van der Waals surface area contributed by atoms with Crippen molar-refractivity contribution in [2.24, 2.45) is 0 Å². The lowest BCUT2D eigenvalue weighted by molar-refractivity contribution is -0.140. The molecule has 0 saturated carbocycles. The number of methoxy groups -OCH3 is 2. The van der Waals surface area contributed by atoms with Gasteiger partial charge in [-0.05, 0) is 56.2 Å². The quantitative estimate of drug-likeness (QED) is 0.299. The lowest BCUT2D eigenvalue weighted by atomic mass is 10.1. The third kappa shape index (κ3) is 7.71. The SMILES string of the molecule is CCC(C(=O)NC(C)C)N(Cc1ccccc1Cl)C(=O)CN(c1ccccc1)S(=O)(=O)c1ccc(OC)c(OC)c1. The Hall–Kier alpha value is -3.76. The fourth-order valence-corrected chi connectivity index (χ4v) is 5.96. The molecule has 0 heterocycles. The van der Waals surface area contributed by atoms with E-state index in [2.05, 4.69) is 5.32 Å². The fourth-order valence-electron chi connectivity index (χ4n) is 4.34. The summed E-state index contributed by atoms with van der Waals surface area (Å²) in [7, 11) is -1.41. The minimum absolute atomic E-state index is 0.0154. The highest BCUT2D eigenvalue weighted by Crippen LogP contribution is 2.32. The molecule has 41 heavy (non-hydrogen) atoms. The second-order valence-corrected chi connectivity index (χ2v) is 11.8. The molecule has 3 rings (SSSR count). The number of hydrogen-bond donors (Lipinski definition) is 1. The van der Waals surface area contributed by atoms with Crippen LogP contribution in [-0.4, -0.2) is 58.0 Å². The van der Waals surface area contributed by atoms with Crippen LogP contribution in [0.15, 0.2) is 77.7 Å². The number of carbonyl (C=O) groups is 2. The van der Waals surface area contributed by atoms with Crippen molar-refractivity contribution in [3.05, 3.63) is 83.4 Å². The van der Waals surface area contributed by atoms with Crippen LogP contribution in [-0.2, 0) is 26.2 Å². The van der Waals surface area contributed by atoms with Gasteiger partial charge in [-0.1, -0.05) is 54.9 Å². The summed E-state index contributed by atoms with van der Waals surface area (Å²) in [6.45, 7) is 4.92. The van der Waals surface area contributed by atoms with Crippen molar-refractivity contribution in [3.8, 4) is 11.5 Å². The number of rotatable bonds is 13. The zero-order valence-electron chi connectivity index (χ0n) is 23.8. The van der Waals surface area contributed by atoms with Crippen LogP contribution in [0.5, 0.6) is 11.5 Å². The number of nitrogens with zero attached hydrogens (tertiary/aromatic N) is 2. The molecule has 0 radical (unpaired) electrons. The first-order chi connectivity index (χ1) is 19.5. The molecule has 11 heteroatoms. The lowest BCUT2D eigenvalue weighted by Gasteiger charge is -2.33. The van der Waals surface area contributed by atoms with Gasteiger partial charge in [0.2, 0.25) is 11.8 Å². The van der Waals surface area contributed by atoms with E-state index in [1.807, 2.05) is 13.8 Å². The van der Waals surface area contributed by atoms with Crippen molar-refractivity contribution < 1.29 is 27.5 Å². The Labute approximate surface area is 247 Å². The predicted octanol–water partition coefficient (Wildman–Crippen LogP) is 4.88. The van der Waals surface area contributed by atoms with E-state index in [-0.39, 0.29) is 34.8 Å². The molecule has 1 unspecified atom stereocenters. The predicted molar refractivity (Wildman–Crippen MR) is 160 cm³/mol. The van der Waals surface area contributed by atoms with Crippen molar-refractivity contribution in [1.82, 2.24) is 10.2 Å². The first-order valence-corrected chi connectivity index (χ1v) is 15.0. The second kappa shape index (κ2) is 14.2. The molecule has 0 bridgehead atoms. The van der Waals surface area contributed by atoms with E-state index in [0.29, 0.717) is 22.8 Å². The number of carbonyl (C=O) groups excluding carboxylic acids is 2. The van der Waals surface area contributed by atoms with Gasteiger partial charge in [-0.3, -0.25) is 13.9 Å². The molecule has 0 aliphatic heterocycles. The summed E-state index contributed by atoms with van der Waals surface area (Å²) < 4.78 is 39.7. The molecule has 0 fully saturated rings. The van der Waals surface area contributed by atoms with E-state index in [9.17, 15) is 18.0 Å². The molecule has 3 aromatic carbocycles. The number of sulfonamides is 1. The van der Waals surface area contributed by atoms with E-state index in [4.69, 9.17) is 21.1 Å². The topological polar surface area (TPSA) is 105 Å². The molecular weight excluding hydrogens is 566 g/mol. The number of para-hydroxylation sites is 1. The maximum atomic E-state index is 14.1. The van der Waals surface area contributed by atoms with Crippen LogP contribution in [0.1, 0.15) is 32.8 Å². The normalized spacial score (nSPS) is 12.0. The Morgan fingerprint density at radius 1 is 0.927 bits per heavy atom. The first-order valence-electron chi connectivity index (χ1n) is 13.2. The van der Waals surface area contributed by atoms with Crippen molar-refractivity contribution in [3.63, 3.8) is 0 Å². The number of nitrogens with one attached hydrogen (secondary N) is 1. The molecular formula is C30H36ClN3O6S. The summed E-state index contributed by atoms with van der Waals surface area (Å²) >= 11 is 6.43. The van der Waals surface area contributed by atoms with Crippen LogP contribution in [0.4, 0.5) is 5.69 Å².